The number of alkyl halides is 4. The van der Waals surface area contributed by atoms with Gasteiger partial charge >= 0.3 is 6.61 Å². The molecule has 2 aliphatic carbocycles. The van der Waals surface area contributed by atoms with Crippen LogP contribution < -0.4 is 5.32 Å². The molecule has 0 aromatic carbocycles. The first-order valence-electron chi connectivity index (χ1n) is 15.9. The first-order valence-corrected chi connectivity index (χ1v) is 16.3. The summed E-state index contributed by atoms with van der Waals surface area (Å²) < 4.78 is 51.9. The molecule has 0 heterocycles. The second kappa shape index (κ2) is 17.4. The predicted molar refractivity (Wildman–Crippen MR) is 174 cm³/mol. The number of amides is 1. The quantitative estimate of drug-likeness (QED) is 0.0312. The number of methoxy groups -OCH3 is 1. The van der Waals surface area contributed by atoms with E-state index in [2.05, 4.69) is 12.2 Å². The zero-order valence-electron chi connectivity index (χ0n) is 28.1. The molecule has 0 radical (unpaired) electrons. The molecule has 1 saturated carbocycles. The lowest BCUT2D eigenvalue weighted by Gasteiger charge is -2.31. The minimum absolute atomic E-state index is 0.175. The number of rotatable bonds is 17. The average Bonchev–Trinajstić information content (AvgIpc) is 2.92. The van der Waals surface area contributed by atoms with Crippen molar-refractivity contribution in [1.82, 2.24) is 5.32 Å². The number of halogens is 4. The Hall–Kier alpha value is -2.52. The maximum atomic E-state index is 14.0. The third-order valence-electron chi connectivity index (χ3n) is 9.16. The van der Waals surface area contributed by atoms with E-state index in [1.807, 2.05) is 25.2 Å². The molecule has 2 rings (SSSR count). The van der Waals surface area contributed by atoms with Gasteiger partial charge in [-0.25, -0.2) is 4.39 Å². The van der Waals surface area contributed by atoms with E-state index >= 15 is 0 Å². The first-order chi connectivity index (χ1) is 21.0. The molecule has 6 nitrogen and oxygen atoms in total. The van der Waals surface area contributed by atoms with Gasteiger partial charge in [0.25, 0.3) is 0 Å². The molecule has 0 bridgehead atoms. The number of hydrogen-bond donors (Lipinski definition) is 2. The molecule has 0 saturated heterocycles. The molecule has 254 valence electrons. The van der Waals surface area contributed by atoms with Crippen LogP contribution in [0.3, 0.4) is 0 Å². The summed E-state index contributed by atoms with van der Waals surface area (Å²) in [5, 5.41) is 14.6. The summed E-state index contributed by atoms with van der Waals surface area (Å²) >= 11 is 6.22. The van der Waals surface area contributed by atoms with Crippen LogP contribution >= 0.6 is 11.6 Å². The number of allylic oxidation sites excluding steroid dienone is 7. The Morgan fingerprint density at radius 3 is 2.44 bits per heavy atom. The topological polar surface area (TPSA) is 70.8 Å². The van der Waals surface area contributed by atoms with Crippen molar-refractivity contribution in [3.05, 3.63) is 59.1 Å². The average molecular weight is 658 g/mol. The molecule has 5 unspecified atom stereocenters. The third kappa shape index (κ3) is 11.3. The first kappa shape index (κ1) is 38.7. The Morgan fingerprint density at radius 1 is 1.27 bits per heavy atom. The highest BCUT2D eigenvalue weighted by Crippen LogP contribution is 2.35. The number of nitrogens with one attached hydrogen (secondary N) is 1. The van der Waals surface area contributed by atoms with Crippen molar-refractivity contribution in [2.75, 3.05) is 13.7 Å². The molecule has 2 aliphatic rings. The van der Waals surface area contributed by atoms with Gasteiger partial charge in [-0.2, -0.15) is 8.78 Å². The third-order valence-corrected chi connectivity index (χ3v) is 9.58. The Morgan fingerprint density at radius 2 is 1.93 bits per heavy atom. The van der Waals surface area contributed by atoms with Gasteiger partial charge in [-0.3, -0.25) is 10.0 Å². The minimum Gasteiger partial charge on any atom is -0.435 e. The molecular formula is C35H53ClF3N2O4+. The number of carbonyl (C=O) groups excluding carboxylic acids is 1. The van der Waals surface area contributed by atoms with E-state index in [4.69, 9.17) is 21.1 Å². The van der Waals surface area contributed by atoms with Crippen LogP contribution in [0.2, 0.25) is 0 Å². The number of carbonyl (C=O) groups is 1. The summed E-state index contributed by atoms with van der Waals surface area (Å²) in [6.07, 6.45) is 15.6. The van der Waals surface area contributed by atoms with Gasteiger partial charge in [0.15, 0.2) is 0 Å². The minimum atomic E-state index is -3.14. The van der Waals surface area contributed by atoms with E-state index in [0.717, 1.165) is 24.0 Å². The largest absolute Gasteiger partial charge is 0.435 e. The monoisotopic (exact) mass is 657 g/mol. The van der Waals surface area contributed by atoms with Crippen LogP contribution in [0.25, 0.3) is 0 Å². The van der Waals surface area contributed by atoms with Gasteiger partial charge in [-0.15, -0.1) is 11.6 Å². The zero-order valence-corrected chi connectivity index (χ0v) is 28.8. The van der Waals surface area contributed by atoms with Crippen LogP contribution in [0.15, 0.2) is 59.1 Å². The summed E-state index contributed by atoms with van der Waals surface area (Å²) in [6.45, 7) is 9.27. The van der Waals surface area contributed by atoms with E-state index < -0.39 is 29.1 Å². The normalized spacial score (nSPS) is 23.3. The van der Waals surface area contributed by atoms with Crippen molar-refractivity contribution in [3.63, 3.8) is 0 Å². The van der Waals surface area contributed by atoms with E-state index in [9.17, 15) is 23.2 Å². The summed E-state index contributed by atoms with van der Waals surface area (Å²) in [4.78, 5) is 12.4. The van der Waals surface area contributed by atoms with Gasteiger partial charge in [0.05, 0.1) is 11.5 Å². The number of hydrogen-bond acceptors (Lipinski definition) is 4. The van der Waals surface area contributed by atoms with Gasteiger partial charge < -0.3 is 14.8 Å². The lowest BCUT2D eigenvalue weighted by Crippen LogP contribution is -2.50. The second-order valence-corrected chi connectivity index (χ2v) is 13.9. The summed E-state index contributed by atoms with van der Waals surface area (Å²) in [6, 6.07) is 0. The number of nitrogens with zero attached hydrogens (tertiary/aromatic N) is 1. The Labute approximate surface area is 272 Å². The Balaban J connectivity index is 2.46. The van der Waals surface area contributed by atoms with Crippen LogP contribution in [0.5, 0.6) is 0 Å². The van der Waals surface area contributed by atoms with E-state index in [1.165, 1.54) is 38.6 Å². The van der Waals surface area contributed by atoms with Crippen molar-refractivity contribution in [1.29, 1.82) is 0 Å². The highest BCUT2D eigenvalue weighted by atomic mass is 35.5. The smallest absolute Gasteiger partial charge is 0.387 e. The SMILES string of the molecule is CC/C=C(\C=[N+](\O)C(C)(C)C(CCC1CCC1)C(=O)NC1=CC(C)C(COC)C=C1)C(/C)=C(/C=C\C(C)(Cl)C(C)F)OC(F)F. The fourth-order valence-electron chi connectivity index (χ4n) is 5.41. The zero-order chi connectivity index (χ0) is 33.9. The fraction of sp³-hybridized carbons (Fsp3) is 0.657. The molecule has 1 fully saturated rings. The second-order valence-electron chi connectivity index (χ2n) is 13.0. The van der Waals surface area contributed by atoms with Crippen LogP contribution in [0.4, 0.5) is 13.2 Å². The van der Waals surface area contributed by atoms with Crippen molar-refractivity contribution >= 4 is 23.7 Å². The van der Waals surface area contributed by atoms with Crippen LogP contribution in [-0.2, 0) is 14.3 Å². The number of ether oxygens (including phenoxy) is 2. The standard InChI is InChI=1S/C35H52ClF3N2O4/c1-9-11-27(24(3)31(45-33(38)39)18-19-35(7,36)25(4)37)21-41(43)34(5,6)30(17-14-26-12-10-13-26)32(42)40-29-16-15-28(22-44-8)23(2)20-29/h11,15-16,18-21,23,25-26,28,30,33H,9-10,12-14,17,22H2,1-8H3,(H-,40,42,43)/p+1/b19-18-,27-11+,31-24-,41-21+. The predicted octanol–water partition coefficient (Wildman–Crippen LogP) is 8.66. The Kier molecular flexibility index (Phi) is 15.0. The fourth-order valence-corrected chi connectivity index (χ4v) is 5.47. The van der Waals surface area contributed by atoms with Crippen molar-refractivity contribution in [3.8, 4) is 0 Å². The molecular weight excluding hydrogens is 605 g/mol. The molecule has 2 N–H and O–H groups in total. The van der Waals surface area contributed by atoms with Crippen molar-refractivity contribution < 1.29 is 37.4 Å². The molecule has 0 spiro atoms. The van der Waals surface area contributed by atoms with E-state index in [-0.39, 0.29) is 29.1 Å². The van der Waals surface area contributed by atoms with Gasteiger partial charge in [0.1, 0.15) is 17.8 Å². The van der Waals surface area contributed by atoms with Gasteiger partial charge in [0.2, 0.25) is 17.7 Å². The van der Waals surface area contributed by atoms with Crippen LogP contribution in [-0.4, -0.2) is 59.0 Å². The van der Waals surface area contributed by atoms with Gasteiger partial charge in [-0.05, 0) is 68.8 Å². The summed E-state index contributed by atoms with van der Waals surface area (Å²) in [5.41, 5.74) is 0.321. The molecule has 0 aliphatic heterocycles. The summed E-state index contributed by atoms with van der Waals surface area (Å²) in [5.74, 6) is -0.0778. The lowest BCUT2D eigenvalue weighted by atomic mass is 9.76. The van der Waals surface area contributed by atoms with E-state index in [0.29, 0.717) is 36.6 Å². The molecule has 0 aromatic rings. The van der Waals surface area contributed by atoms with Crippen LogP contribution in [0, 0.1) is 23.7 Å². The molecule has 10 heteroatoms. The highest BCUT2D eigenvalue weighted by Gasteiger charge is 2.46. The lowest BCUT2D eigenvalue weighted by molar-refractivity contribution is -0.823. The van der Waals surface area contributed by atoms with Crippen LogP contribution in [0.1, 0.15) is 87.0 Å². The number of hydroxylamine groups is 1. The molecule has 1 amide bonds. The maximum Gasteiger partial charge on any atom is 0.387 e. The van der Waals surface area contributed by atoms with E-state index in [1.54, 1.807) is 34.0 Å². The van der Waals surface area contributed by atoms with Crippen molar-refractivity contribution in [2.24, 2.45) is 23.7 Å². The van der Waals surface area contributed by atoms with Gasteiger partial charge in [0, 0.05) is 43.7 Å². The maximum absolute atomic E-state index is 14.0. The van der Waals surface area contributed by atoms with Gasteiger partial charge in [-0.1, -0.05) is 57.4 Å². The molecule has 0 aromatic heterocycles. The molecule has 5 atom stereocenters. The highest BCUT2D eigenvalue weighted by molar-refractivity contribution is 6.25. The Bertz CT molecular complexity index is 1180. The molecule has 45 heavy (non-hydrogen) atoms. The van der Waals surface area contributed by atoms with Crippen molar-refractivity contribution in [2.45, 2.75) is 110 Å². The summed E-state index contributed by atoms with van der Waals surface area (Å²) in [7, 11) is 1.66.